The largest absolute Gasteiger partial charge is 0.260 e. The van der Waals surface area contributed by atoms with Gasteiger partial charge in [-0.15, -0.1) is 0 Å². The lowest BCUT2D eigenvalue weighted by Crippen LogP contribution is -2.37. The molecule has 92 valence electrons. The second kappa shape index (κ2) is 4.01. The summed E-state index contributed by atoms with van der Waals surface area (Å²) in [5.74, 6) is -0.580. The van der Waals surface area contributed by atoms with Crippen molar-refractivity contribution in [3.05, 3.63) is 23.1 Å². The highest BCUT2D eigenvalue weighted by atomic mass is 35.7. The molecular weight excluding hydrogens is 295 g/mol. The third-order valence-corrected chi connectivity index (χ3v) is 6.63. The fourth-order valence-electron chi connectivity index (χ4n) is 1.33. The van der Waals surface area contributed by atoms with Gasteiger partial charge < -0.3 is 0 Å². The molecule has 0 N–H and O–H groups in total. The summed E-state index contributed by atoms with van der Waals surface area (Å²) in [7, 11) is 2.79. The van der Waals surface area contributed by atoms with Gasteiger partial charge in [0.1, 0.15) is 4.75 Å². The van der Waals surface area contributed by atoms with E-state index in [4.69, 9.17) is 21.4 Å². The predicted octanol–water partition coefficient (Wildman–Crippen LogP) is 1.97. The van der Waals surface area contributed by atoms with Gasteiger partial charge in [-0.1, -0.05) is 19.1 Å². The molecule has 0 fully saturated rings. The Labute approximate surface area is 104 Å². The van der Waals surface area contributed by atoms with Crippen LogP contribution >= 0.6 is 21.4 Å². The van der Waals surface area contributed by atoms with Gasteiger partial charge in [0.05, 0.1) is 4.91 Å². The molecule has 0 heterocycles. The number of rotatable bonds is 2. The van der Waals surface area contributed by atoms with Crippen LogP contribution < -0.4 is 0 Å². The summed E-state index contributed by atoms with van der Waals surface area (Å²) >= 11 is 0. The van der Waals surface area contributed by atoms with Crippen molar-refractivity contribution in [3.8, 4) is 0 Å². The average Bonchev–Trinajstić information content (AvgIpc) is 2.05. The van der Waals surface area contributed by atoms with Crippen LogP contribution in [0.3, 0.4) is 0 Å². The highest BCUT2D eigenvalue weighted by Crippen LogP contribution is 2.37. The van der Waals surface area contributed by atoms with Crippen molar-refractivity contribution < 1.29 is 16.8 Å². The molecule has 2 unspecified atom stereocenters. The standard InChI is InChI=1S/C8H10Cl2O4S2/c1-6-5-7(15(9,11)12)3-4-8(6,2)16(10,13)14/h3-6H,1-2H3. The summed E-state index contributed by atoms with van der Waals surface area (Å²) in [4.78, 5) is -0.112. The first-order valence-corrected chi connectivity index (χ1v) is 8.90. The fraction of sp³-hybridized carbons (Fsp3) is 0.500. The molecule has 1 aliphatic rings. The number of halogens is 2. The van der Waals surface area contributed by atoms with E-state index in [9.17, 15) is 16.8 Å². The number of hydrogen-bond donors (Lipinski definition) is 0. The minimum absolute atomic E-state index is 0.112. The molecule has 16 heavy (non-hydrogen) atoms. The highest BCUT2D eigenvalue weighted by molar-refractivity contribution is 8.17. The van der Waals surface area contributed by atoms with Gasteiger partial charge in [0.25, 0.3) is 9.05 Å². The summed E-state index contributed by atoms with van der Waals surface area (Å²) in [6.07, 6.45) is 3.68. The third-order valence-electron chi connectivity index (χ3n) is 2.70. The van der Waals surface area contributed by atoms with Gasteiger partial charge in [-0.25, -0.2) is 16.8 Å². The first kappa shape index (κ1) is 14.0. The van der Waals surface area contributed by atoms with Gasteiger partial charge in [0.2, 0.25) is 9.05 Å². The minimum Gasteiger partial charge on any atom is -0.211 e. The van der Waals surface area contributed by atoms with E-state index in [0.717, 1.165) is 6.08 Å². The molecule has 0 saturated heterocycles. The molecule has 0 aromatic rings. The molecule has 0 bridgehead atoms. The SMILES string of the molecule is CC1C=C(S(=O)(=O)Cl)C=CC1(C)S(=O)(=O)Cl. The molecule has 1 rings (SSSR count). The minimum atomic E-state index is -3.85. The van der Waals surface area contributed by atoms with Crippen LogP contribution in [0.2, 0.25) is 0 Å². The van der Waals surface area contributed by atoms with Crippen LogP contribution in [0.15, 0.2) is 23.1 Å². The van der Waals surface area contributed by atoms with Crippen LogP contribution in [-0.2, 0) is 18.1 Å². The van der Waals surface area contributed by atoms with E-state index in [2.05, 4.69) is 0 Å². The molecule has 0 amide bonds. The molecule has 0 aromatic carbocycles. The van der Waals surface area contributed by atoms with E-state index >= 15 is 0 Å². The number of hydrogen-bond acceptors (Lipinski definition) is 4. The van der Waals surface area contributed by atoms with Gasteiger partial charge in [-0.05, 0) is 18.9 Å². The topological polar surface area (TPSA) is 68.3 Å². The van der Waals surface area contributed by atoms with Crippen LogP contribution in [0.25, 0.3) is 0 Å². The fourth-order valence-corrected chi connectivity index (χ4v) is 3.56. The van der Waals surface area contributed by atoms with Crippen molar-refractivity contribution in [2.75, 3.05) is 0 Å². The van der Waals surface area contributed by atoms with Crippen molar-refractivity contribution in [1.29, 1.82) is 0 Å². The molecule has 0 radical (unpaired) electrons. The van der Waals surface area contributed by atoms with Gasteiger partial charge >= 0.3 is 0 Å². The lowest BCUT2D eigenvalue weighted by atomic mass is 9.91. The molecule has 0 spiro atoms. The van der Waals surface area contributed by atoms with Gasteiger partial charge in [-0.2, -0.15) is 0 Å². The smallest absolute Gasteiger partial charge is 0.211 e. The Kier molecular flexibility index (Phi) is 3.52. The lowest BCUT2D eigenvalue weighted by Gasteiger charge is -2.30. The summed E-state index contributed by atoms with van der Waals surface area (Å²) in [6.45, 7) is 2.98. The van der Waals surface area contributed by atoms with Crippen molar-refractivity contribution in [2.24, 2.45) is 5.92 Å². The van der Waals surface area contributed by atoms with Gasteiger partial charge in [-0.3, -0.25) is 0 Å². The molecule has 1 aliphatic carbocycles. The quantitative estimate of drug-likeness (QED) is 0.732. The van der Waals surface area contributed by atoms with E-state index < -0.39 is 28.8 Å². The Bertz CT molecular complexity index is 559. The maximum atomic E-state index is 11.4. The molecule has 0 aromatic heterocycles. The van der Waals surface area contributed by atoms with Crippen LogP contribution in [0.1, 0.15) is 13.8 Å². The van der Waals surface area contributed by atoms with Gasteiger partial charge in [0.15, 0.2) is 0 Å². The summed E-state index contributed by atoms with van der Waals surface area (Å²) in [5, 5.41) is 0. The Morgan fingerprint density at radius 2 is 1.75 bits per heavy atom. The van der Waals surface area contributed by atoms with Crippen LogP contribution in [0.4, 0.5) is 0 Å². The van der Waals surface area contributed by atoms with E-state index in [1.165, 1.54) is 19.1 Å². The second-order valence-corrected chi connectivity index (χ2v) is 9.29. The summed E-state index contributed by atoms with van der Waals surface area (Å²) in [5.41, 5.74) is 0. The highest BCUT2D eigenvalue weighted by Gasteiger charge is 2.42. The Morgan fingerprint density at radius 1 is 1.25 bits per heavy atom. The maximum Gasteiger partial charge on any atom is 0.260 e. The Balaban J connectivity index is 3.28. The maximum absolute atomic E-state index is 11.4. The van der Waals surface area contributed by atoms with E-state index in [1.807, 2.05) is 0 Å². The van der Waals surface area contributed by atoms with E-state index in [-0.39, 0.29) is 4.91 Å². The Hall–Kier alpha value is -0.0400. The zero-order chi connectivity index (χ0) is 12.8. The first-order valence-electron chi connectivity index (χ1n) is 4.28. The van der Waals surface area contributed by atoms with Crippen molar-refractivity contribution >= 4 is 39.5 Å². The normalized spacial score (nSPS) is 31.2. The van der Waals surface area contributed by atoms with Crippen molar-refractivity contribution in [2.45, 2.75) is 18.6 Å². The van der Waals surface area contributed by atoms with Crippen LogP contribution in [0, 0.1) is 5.92 Å². The molecule has 2 atom stereocenters. The number of allylic oxidation sites excluding steroid dienone is 2. The first-order chi connectivity index (χ1) is 6.98. The lowest BCUT2D eigenvalue weighted by molar-refractivity contribution is 0.524. The predicted molar refractivity (Wildman–Crippen MR) is 64.3 cm³/mol. The summed E-state index contributed by atoms with van der Waals surface area (Å²) in [6, 6.07) is 0. The molecular formula is C8H10Cl2O4S2. The summed E-state index contributed by atoms with van der Waals surface area (Å²) < 4.78 is 43.5. The van der Waals surface area contributed by atoms with Crippen molar-refractivity contribution in [1.82, 2.24) is 0 Å². The molecule has 0 saturated carbocycles. The monoisotopic (exact) mass is 304 g/mol. The van der Waals surface area contributed by atoms with Crippen molar-refractivity contribution in [3.63, 3.8) is 0 Å². The zero-order valence-electron chi connectivity index (χ0n) is 8.51. The average molecular weight is 305 g/mol. The zero-order valence-corrected chi connectivity index (χ0v) is 11.7. The second-order valence-electron chi connectivity index (χ2n) is 3.75. The van der Waals surface area contributed by atoms with Crippen LogP contribution in [-0.4, -0.2) is 21.6 Å². The Morgan fingerprint density at radius 3 is 2.06 bits per heavy atom. The van der Waals surface area contributed by atoms with Gasteiger partial charge in [0, 0.05) is 21.4 Å². The molecule has 0 aliphatic heterocycles. The van der Waals surface area contributed by atoms with Crippen LogP contribution in [0.5, 0.6) is 0 Å². The van der Waals surface area contributed by atoms with E-state index in [1.54, 1.807) is 6.92 Å². The third kappa shape index (κ3) is 2.45. The molecule has 4 nitrogen and oxygen atoms in total. The molecule has 8 heteroatoms. The van der Waals surface area contributed by atoms with E-state index in [0.29, 0.717) is 0 Å².